The summed E-state index contributed by atoms with van der Waals surface area (Å²) in [4.78, 5) is 16.2. The number of hydrogen-bond acceptors (Lipinski definition) is 5. The van der Waals surface area contributed by atoms with Crippen molar-refractivity contribution in [1.82, 2.24) is 19.7 Å². The van der Waals surface area contributed by atoms with Crippen LogP contribution < -0.4 is 0 Å². The van der Waals surface area contributed by atoms with E-state index in [1.807, 2.05) is 39.8 Å². The number of carbonyl (C=O) groups excluding carboxylic acids is 1. The van der Waals surface area contributed by atoms with Crippen molar-refractivity contribution in [2.75, 3.05) is 12.3 Å². The summed E-state index contributed by atoms with van der Waals surface area (Å²) in [5.74, 6) is 0.688. The molecule has 1 amide bonds. The van der Waals surface area contributed by atoms with Crippen molar-refractivity contribution in [1.29, 1.82) is 0 Å². The molecular formula is C23H19FN4OS2. The molecule has 3 heterocycles. The Morgan fingerprint density at radius 1 is 1.06 bits per heavy atom. The Morgan fingerprint density at radius 3 is 2.68 bits per heavy atom. The highest BCUT2D eigenvalue weighted by molar-refractivity contribution is 7.99. The average Bonchev–Trinajstić information content (AvgIpc) is 3.45. The Hall–Kier alpha value is -2.97. The minimum Gasteiger partial charge on any atom is -0.337 e. The topological polar surface area (TPSA) is 51.0 Å². The lowest BCUT2D eigenvalue weighted by Crippen LogP contribution is -2.36. The quantitative estimate of drug-likeness (QED) is 0.410. The lowest BCUT2D eigenvalue weighted by Gasteiger charge is -2.26. The number of thioether (sulfide) groups is 1. The first kappa shape index (κ1) is 20.0. The molecule has 5 nitrogen and oxygen atoms in total. The fraction of sp³-hybridized carbons (Fsp3) is 0.174. The second-order valence-corrected chi connectivity index (χ2v) is 9.15. The van der Waals surface area contributed by atoms with Crippen LogP contribution in [0.4, 0.5) is 4.39 Å². The molecule has 0 radical (unpaired) electrons. The van der Waals surface area contributed by atoms with Crippen LogP contribution in [0.3, 0.4) is 0 Å². The fourth-order valence-corrected chi connectivity index (χ4v) is 5.38. The zero-order chi connectivity index (χ0) is 21.2. The third-order valence-electron chi connectivity index (χ3n) is 5.24. The number of halogens is 1. The molecule has 8 heteroatoms. The number of nitrogens with zero attached hydrogens (tertiary/aromatic N) is 4. The van der Waals surface area contributed by atoms with E-state index in [1.54, 1.807) is 23.5 Å². The van der Waals surface area contributed by atoms with Gasteiger partial charge in [-0.15, -0.1) is 21.5 Å². The molecule has 0 atom stereocenters. The summed E-state index contributed by atoms with van der Waals surface area (Å²) in [5.41, 5.74) is 2.90. The molecule has 0 saturated carbocycles. The maximum absolute atomic E-state index is 13.4. The smallest absolute Gasteiger partial charge is 0.233 e. The van der Waals surface area contributed by atoms with Crippen molar-refractivity contribution in [2.24, 2.45) is 0 Å². The van der Waals surface area contributed by atoms with Gasteiger partial charge in [-0.05, 0) is 59.8 Å². The predicted molar refractivity (Wildman–Crippen MR) is 121 cm³/mol. The Bertz CT molecular complexity index is 1200. The maximum atomic E-state index is 13.4. The molecular weight excluding hydrogens is 431 g/mol. The van der Waals surface area contributed by atoms with E-state index in [2.05, 4.69) is 21.6 Å². The van der Waals surface area contributed by atoms with Gasteiger partial charge >= 0.3 is 0 Å². The van der Waals surface area contributed by atoms with E-state index in [0.29, 0.717) is 17.5 Å². The van der Waals surface area contributed by atoms with Gasteiger partial charge in [0.15, 0.2) is 11.0 Å². The normalized spacial score (nSPS) is 13.3. The first-order valence-electron chi connectivity index (χ1n) is 9.91. The molecule has 2 aromatic heterocycles. The number of para-hydroxylation sites is 1. The van der Waals surface area contributed by atoms with Gasteiger partial charge in [-0.1, -0.05) is 30.0 Å². The van der Waals surface area contributed by atoms with Crippen LogP contribution in [0.15, 0.2) is 71.2 Å². The second kappa shape index (κ2) is 8.64. The number of benzene rings is 2. The Morgan fingerprint density at radius 2 is 1.87 bits per heavy atom. The summed E-state index contributed by atoms with van der Waals surface area (Å²) in [6, 6.07) is 18.0. The van der Waals surface area contributed by atoms with Crippen LogP contribution in [0.25, 0.3) is 17.1 Å². The molecule has 31 heavy (non-hydrogen) atoms. The van der Waals surface area contributed by atoms with E-state index < -0.39 is 0 Å². The van der Waals surface area contributed by atoms with Gasteiger partial charge in [0.25, 0.3) is 0 Å². The number of carbonyl (C=O) groups is 1. The molecule has 1 aliphatic heterocycles. The van der Waals surface area contributed by atoms with Gasteiger partial charge in [-0.3, -0.25) is 9.36 Å². The molecule has 0 fully saturated rings. The monoisotopic (exact) mass is 450 g/mol. The van der Waals surface area contributed by atoms with E-state index in [0.717, 1.165) is 24.2 Å². The van der Waals surface area contributed by atoms with Gasteiger partial charge in [-0.2, -0.15) is 0 Å². The number of thiophene rings is 1. The zero-order valence-electron chi connectivity index (χ0n) is 16.6. The van der Waals surface area contributed by atoms with Gasteiger partial charge < -0.3 is 4.90 Å². The van der Waals surface area contributed by atoms with Gasteiger partial charge in [0.2, 0.25) is 5.91 Å². The molecule has 1 aliphatic rings. The van der Waals surface area contributed by atoms with Gasteiger partial charge in [-0.25, -0.2) is 4.39 Å². The van der Waals surface area contributed by atoms with E-state index >= 15 is 0 Å². The average molecular weight is 451 g/mol. The molecule has 0 aliphatic carbocycles. The Balaban J connectivity index is 1.39. The molecule has 0 unspecified atom stereocenters. The van der Waals surface area contributed by atoms with Crippen LogP contribution >= 0.6 is 23.1 Å². The molecule has 0 bridgehead atoms. The van der Waals surface area contributed by atoms with Crippen molar-refractivity contribution in [3.05, 3.63) is 82.3 Å². The van der Waals surface area contributed by atoms with Gasteiger partial charge in [0.05, 0.1) is 5.75 Å². The first-order chi connectivity index (χ1) is 15.2. The van der Waals surface area contributed by atoms with Crippen LogP contribution in [0.1, 0.15) is 10.4 Å². The van der Waals surface area contributed by atoms with E-state index in [4.69, 9.17) is 0 Å². The van der Waals surface area contributed by atoms with Crippen LogP contribution in [-0.4, -0.2) is 37.9 Å². The largest absolute Gasteiger partial charge is 0.337 e. The van der Waals surface area contributed by atoms with E-state index in [1.165, 1.54) is 34.3 Å². The lowest BCUT2D eigenvalue weighted by molar-refractivity contribution is -0.129. The molecule has 0 spiro atoms. The van der Waals surface area contributed by atoms with Crippen molar-refractivity contribution in [3.8, 4) is 17.1 Å². The number of rotatable bonds is 5. The van der Waals surface area contributed by atoms with Crippen molar-refractivity contribution in [2.45, 2.75) is 18.1 Å². The lowest BCUT2D eigenvalue weighted by atomic mass is 10.1. The number of amides is 1. The summed E-state index contributed by atoms with van der Waals surface area (Å²) in [7, 11) is 0. The van der Waals surface area contributed by atoms with Gasteiger partial charge in [0.1, 0.15) is 5.82 Å². The minimum absolute atomic E-state index is 0.0905. The highest BCUT2D eigenvalue weighted by atomic mass is 32.2. The van der Waals surface area contributed by atoms with E-state index in [9.17, 15) is 9.18 Å². The fourth-order valence-electron chi connectivity index (χ4n) is 3.64. The zero-order valence-corrected chi connectivity index (χ0v) is 18.2. The number of hydrogen-bond donors (Lipinski definition) is 0. The van der Waals surface area contributed by atoms with Crippen LogP contribution in [0.5, 0.6) is 0 Å². The standard InChI is InChI=1S/C23H19FN4OS2/c24-18-8-6-16(7-9-18)22-25-26-23(28(22)19-4-2-1-3-5-19)31-15-21(29)27-12-10-20-17(14-27)11-13-30-20/h1-9,11,13H,10,12,14-15H2. The molecule has 5 rings (SSSR count). The highest BCUT2D eigenvalue weighted by Gasteiger charge is 2.23. The van der Waals surface area contributed by atoms with Crippen molar-refractivity contribution in [3.63, 3.8) is 0 Å². The number of fused-ring (bicyclic) bond motifs is 1. The molecule has 2 aromatic carbocycles. The van der Waals surface area contributed by atoms with Crippen molar-refractivity contribution < 1.29 is 9.18 Å². The maximum Gasteiger partial charge on any atom is 0.233 e. The summed E-state index contributed by atoms with van der Waals surface area (Å²) in [5, 5.41) is 11.4. The molecule has 156 valence electrons. The van der Waals surface area contributed by atoms with E-state index in [-0.39, 0.29) is 17.5 Å². The third kappa shape index (κ3) is 4.13. The predicted octanol–water partition coefficient (Wildman–Crippen LogP) is 4.81. The van der Waals surface area contributed by atoms with Crippen molar-refractivity contribution >= 4 is 29.0 Å². The molecule has 0 N–H and O–H groups in total. The minimum atomic E-state index is -0.301. The third-order valence-corrected chi connectivity index (χ3v) is 7.17. The summed E-state index contributed by atoms with van der Waals surface area (Å²) in [6.07, 6.45) is 0.915. The molecule has 4 aromatic rings. The highest BCUT2D eigenvalue weighted by Crippen LogP contribution is 2.29. The summed E-state index contributed by atoms with van der Waals surface area (Å²) in [6.45, 7) is 1.42. The summed E-state index contributed by atoms with van der Waals surface area (Å²) < 4.78 is 15.3. The van der Waals surface area contributed by atoms with Crippen LogP contribution in [-0.2, 0) is 17.8 Å². The first-order valence-corrected chi connectivity index (χ1v) is 11.8. The van der Waals surface area contributed by atoms with Gasteiger partial charge in [0, 0.05) is 29.2 Å². The Kier molecular flexibility index (Phi) is 5.57. The SMILES string of the molecule is O=C(CSc1nnc(-c2ccc(F)cc2)n1-c1ccccc1)N1CCc2sccc2C1. The number of aromatic nitrogens is 3. The van der Waals surface area contributed by atoms with Crippen LogP contribution in [0.2, 0.25) is 0 Å². The Labute approximate surface area is 187 Å². The molecule has 0 saturated heterocycles. The second-order valence-electron chi connectivity index (χ2n) is 7.21. The summed E-state index contributed by atoms with van der Waals surface area (Å²) >= 11 is 3.13. The van der Waals surface area contributed by atoms with Crippen LogP contribution in [0, 0.1) is 5.82 Å².